The van der Waals surface area contributed by atoms with E-state index in [0.29, 0.717) is 19.3 Å². The molecule has 0 spiro atoms. The number of hydrogen-bond acceptors (Lipinski definition) is 3. The first kappa shape index (κ1) is 13.5. The van der Waals surface area contributed by atoms with E-state index >= 15 is 0 Å². The molecule has 1 rings (SSSR count). The molecule has 1 unspecified atom stereocenters. The normalized spacial score (nSPS) is 19.4. The van der Waals surface area contributed by atoms with Crippen LogP contribution in [0.15, 0.2) is 0 Å². The molecule has 0 bridgehead atoms. The fourth-order valence-electron chi connectivity index (χ4n) is 1.88. The Hall–Kier alpha value is -0.610. The third-order valence-electron chi connectivity index (χ3n) is 3.03. The summed E-state index contributed by atoms with van der Waals surface area (Å²) in [6, 6.07) is 0. The fraction of sp³-hybridized carbons (Fsp3) is 0.917. The fourth-order valence-corrected chi connectivity index (χ4v) is 1.88. The van der Waals surface area contributed by atoms with Gasteiger partial charge in [0.2, 0.25) is 5.91 Å². The van der Waals surface area contributed by atoms with Crippen molar-refractivity contribution in [1.82, 2.24) is 5.32 Å². The van der Waals surface area contributed by atoms with Gasteiger partial charge in [-0.25, -0.2) is 0 Å². The van der Waals surface area contributed by atoms with Gasteiger partial charge < -0.3 is 14.8 Å². The molecular weight excluding hydrogens is 206 g/mol. The van der Waals surface area contributed by atoms with Crippen molar-refractivity contribution in [3.05, 3.63) is 0 Å². The Balaban J connectivity index is 2.00. The zero-order valence-electron chi connectivity index (χ0n) is 10.3. The Bertz CT molecular complexity index is 202. The van der Waals surface area contributed by atoms with Crippen molar-refractivity contribution >= 4 is 5.91 Å². The van der Waals surface area contributed by atoms with Crippen molar-refractivity contribution in [2.75, 3.05) is 20.3 Å². The molecule has 1 aliphatic rings. The second kappa shape index (κ2) is 7.63. The number of rotatable bonds is 6. The average Bonchev–Trinajstić information content (AvgIpc) is 2.34. The molecular formula is C12H23NO3. The molecule has 1 fully saturated rings. The Morgan fingerprint density at radius 2 is 2.06 bits per heavy atom. The van der Waals surface area contributed by atoms with Crippen LogP contribution in [0, 0.1) is 0 Å². The van der Waals surface area contributed by atoms with Gasteiger partial charge in [-0.2, -0.15) is 0 Å². The van der Waals surface area contributed by atoms with E-state index in [9.17, 15) is 4.79 Å². The highest BCUT2D eigenvalue weighted by molar-refractivity contribution is 5.80. The van der Waals surface area contributed by atoms with Crippen LogP contribution in [0.2, 0.25) is 0 Å². The number of amides is 1. The zero-order chi connectivity index (χ0) is 11.8. The second-order valence-electron chi connectivity index (χ2n) is 4.30. The molecule has 1 N–H and O–H groups in total. The second-order valence-corrected chi connectivity index (χ2v) is 4.30. The lowest BCUT2D eigenvalue weighted by Gasteiger charge is -2.22. The van der Waals surface area contributed by atoms with Crippen LogP contribution < -0.4 is 5.32 Å². The molecule has 4 nitrogen and oxygen atoms in total. The summed E-state index contributed by atoms with van der Waals surface area (Å²) in [6.07, 6.45) is 6.25. The maximum atomic E-state index is 11.3. The Morgan fingerprint density at radius 1 is 1.38 bits per heavy atom. The number of carbonyl (C=O) groups is 1. The van der Waals surface area contributed by atoms with Crippen molar-refractivity contribution in [3.8, 4) is 0 Å². The van der Waals surface area contributed by atoms with Gasteiger partial charge in [0, 0.05) is 13.7 Å². The SMILES string of the molecule is COC(C)C(=O)NCCOC1CCCCC1. The number of ether oxygens (including phenoxy) is 2. The van der Waals surface area contributed by atoms with E-state index in [-0.39, 0.29) is 12.0 Å². The van der Waals surface area contributed by atoms with Crippen molar-refractivity contribution < 1.29 is 14.3 Å². The highest BCUT2D eigenvalue weighted by atomic mass is 16.5. The van der Waals surface area contributed by atoms with E-state index in [1.807, 2.05) is 0 Å². The van der Waals surface area contributed by atoms with Crippen molar-refractivity contribution in [3.63, 3.8) is 0 Å². The number of nitrogens with one attached hydrogen (secondary N) is 1. The molecule has 4 heteroatoms. The van der Waals surface area contributed by atoms with Crippen molar-refractivity contribution in [2.24, 2.45) is 0 Å². The summed E-state index contributed by atoms with van der Waals surface area (Å²) in [5.74, 6) is -0.0743. The van der Waals surface area contributed by atoms with Crippen LogP contribution in [0.25, 0.3) is 0 Å². The van der Waals surface area contributed by atoms with Crippen LogP contribution in [-0.2, 0) is 14.3 Å². The van der Waals surface area contributed by atoms with E-state index in [2.05, 4.69) is 5.32 Å². The lowest BCUT2D eigenvalue weighted by Crippen LogP contribution is -2.36. The average molecular weight is 229 g/mol. The highest BCUT2D eigenvalue weighted by Crippen LogP contribution is 2.19. The monoisotopic (exact) mass is 229 g/mol. The predicted molar refractivity (Wildman–Crippen MR) is 62.3 cm³/mol. The first-order valence-corrected chi connectivity index (χ1v) is 6.16. The third kappa shape index (κ3) is 4.94. The van der Waals surface area contributed by atoms with Crippen LogP contribution in [-0.4, -0.2) is 38.4 Å². The molecule has 0 aromatic rings. The van der Waals surface area contributed by atoms with Crippen LogP contribution in [0.5, 0.6) is 0 Å². The molecule has 94 valence electrons. The molecule has 1 amide bonds. The summed E-state index contributed by atoms with van der Waals surface area (Å²) < 4.78 is 10.6. The maximum absolute atomic E-state index is 11.3. The molecule has 1 aliphatic carbocycles. The Kier molecular flexibility index (Phi) is 6.42. The largest absolute Gasteiger partial charge is 0.376 e. The summed E-state index contributed by atoms with van der Waals surface area (Å²) in [7, 11) is 1.53. The van der Waals surface area contributed by atoms with Crippen LogP contribution in [0.3, 0.4) is 0 Å². The molecule has 16 heavy (non-hydrogen) atoms. The number of hydrogen-bond donors (Lipinski definition) is 1. The van der Waals surface area contributed by atoms with Gasteiger partial charge in [-0.15, -0.1) is 0 Å². The quantitative estimate of drug-likeness (QED) is 0.702. The minimum Gasteiger partial charge on any atom is -0.376 e. The molecule has 0 aromatic carbocycles. The lowest BCUT2D eigenvalue weighted by atomic mass is 9.98. The molecule has 0 radical (unpaired) electrons. The topological polar surface area (TPSA) is 47.6 Å². The van der Waals surface area contributed by atoms with Crippen LogP contribution in [0.1, 0.15) is 39.0 Å². The molecule has 0 heterocycles. The maximum Gasteiger partial charge on any atom is 0.248 e. The number of methoxy groups -OCH3 is 1. The van der Waals surface area contributed by atoms with E-state index < -0.39 is 0 Å². The van der Waals surface area contributed by atoms with E-state index in [4.69, 9.17) is 9.47 Å². The Morgan fingerprint density at radius 3 is 2.69 bits per heavy atom. The van der Waals surface area contributed by atoms with E-state index in [1.54, 1.807) is 6.92 Å². The van der Waals surface area contributed by atoms with Crippen molar-refractivity contribution in [2.45, 2.75) is 51.2 Å². The standard InChI is InChI=1S/C12H23NO3/c1-10(15-2)12(14)13-8-9-16-11-6-4-3-5-7-11/h10-11H,3-9H2,1-2H3,(H,13,14). The molecule has 0 aromatic heterocycles. The molecule has 1 atom stereocenters. The molecule has 0 saturated heterocycles. The lowest BCUT2D eigenvalue weighted by molar-refractivity contribution is -0.130. The van der Waals surface area contributed by atoms with Gasteiger partial charge in [0.1, 0.15) is 6.10 Å². The minimum absolute atomic E-state index is 0.0743. The van der Waals surface area contributed by atoms with Gasteiger partial charge in [0.25, 0.3) is 0 Å². The number of carbonyl (C=O) groups excluding carboxylic acids is 1. The molecule has 1 saturated carbocycles. The van der Waals surface area contributed by atoms with Gasteiger partial charge in [-0.1, -0.05) is 19.3 Å². The third-order valence-corrected chi connectivity index (χ3v) is 3.03. The summed E-state index contributed by atoms with van der Waals surface area (Å²) in [5.41, 5.74) is 0. The highest BCUT2D eigenvalue weighted by Gasteiger charge is 2.14. The van der Waals surface area contributed by atoms with Gasteiger partial charge >= 0.3 is 0 Å². The first-order valence-electron chi connectivity index (χ1n) is 6.16. The Labute approximate surface area is 97.7 Å². The van der Waals surface area contributed by atoms with Gasteiger partial charge in [-0.05, 0) is 19.8 Å². The smallest absolute Gasteiger partial charge is 0.248 e. The van der Waals surface area contributed by atoms with Crippen molar-refractivity contribution in [1.29, 1.82) is 0 Å². The van der Waals surface area contributed by atoms with Gasteiger partial charge in [-0.3, -0.25) is 4.79 Å². The minimum atomic E-state index is -0.380. The zero-order valence-corrected chi connectivity index (χ0v) is 10.3. The van der Waals surface area contributed by atoms with E-state index in [0.717, 1.165) is 0 Å². The van der Waals surface area contributed by atoms with Gasteiger partial charge in [0.15, 0.2) is 0 Å². The summed E-state index contributed by atoms with van der Waals surface area (Å²) >= 11 is 0. The summed E-state index contributed by atoms with van der Waals surface area (Å²) in [4.78, 5) is 11.3. The van der Waals surface area contributed by atoms with Crippen LogP contribution in [0.4, 0.5) is 0 Å². The van der Waals surface area contributed by atoms with E-state index in [1.165, 1.54) is 39.2 Å². The summed E-state index contributed by atoms with van der Waals surface area (Å²) in [5, 5.41) is 2.78. The molecule has 0 aliphatic heterocycles. The summed E-state index contributed by atoms with van der Waals surface area (Å²) in [6.45, 7) is 2.91. The predicted octanol–water partition coefficient (Wildman–Crippen LogP) is 1.49. The first-order chi connectivity index (χ1) is 7.74. The van der Waals surface area contributed by atoms with Gasteiger partial charge in [0.05, 0.1) is 12.7 Å². The van der Waals surface area contributed by atoms with Crippen LogP contribution >= 0.6 is 0 Å².